The van der Waals surface area contributed by atoms with Crippen molar-refractivity contribution in [2.24, 2.45) is 0 Å². The fraction of sp³-hybridized carbons (Fsp3) is 0.594. The number of hydrogen-bond donors (Lipinski definition) is 1. The molecular formula is C32H47NO7. The minimum absolute atomic E-state index is 0.0531. The summed E-state index contributed by atoms with van der Waals surface area (Å²) in [5, 5.41) is 2.75. The van der Waals surface area contributed by atoms with Crippen LogP contribution in [0.5, 0.6) is 0 Å². The molecule has 40 heavy (non-hydrogen) atoms. The zero-order valence-electron chi connectivity index (χ0n) is 24.1. The Morgan fingerprint density at radius 2 is 1.10 bits per heavy atom. The number of hydrogen-bond acceptors (Lipinski definition) is 7. The molecule has 222 valence electrons. The molecule has 1 amide bonds. The summed E-state index contributed by atoms with van der Waals surface area (Å²) in [6.45, 7) is 8.39. The van der Waals surface area contributed by atoms with Gasteiger partial charge in [0, 0.05) is 19.1 Å². The van der Waals surface area contributed by atoms with E-state index in [0.29, 0.717) is 72.6 Å². The van der Waals surface area contributed by atoms with E-state index in [2.05, 4.69) is 36.5 Å². The van der Waals surface area contributed by atoms with E-state index in [-0.39, 0.29) is 5.92 Å². The van der Waals surface area contributed by atoms with Gasteiger partial charge in [0.2, 0.25) is 0 Å². The molecule has 1 N–H and O–H groups in total. The number of unbranched alkanes of at least 4 members (excludes halogenated alkanes) is 4. The van der Waals surface area contributed by atoms with E-state index in [1.165, 1.54) is 47.9 Å². The van der Waals surface area contributed by atoms with Gasteiger partial charge < -0.3 is 33.7 Å². The fourth-order valence-electron chi connectivity index (χ4n) is 4.66. The van der Waals surface area contributed by atoms with Crippen molar-refractivity contribution in [2.75, 3.05) is 79.2 Å². The van der Waals surface area contributed by atoms with Crippen molar-refractivity contribution in [3.05, 3.63) is 59.7 Å². The van der Waals surface area contributed by atoms with Gasteiger partial charge in [-0.15, -0.1) is 0 Å². The van der Waals surface area contributed by atoms with E-state index in [9.17, 15) is 4.79 Å². The largest absolute Gasteiger partial charge is 0.449 e. The second-order valence-corrected chi connectivity index (χ2v) is 9.73. The Bertz CT molecular complexity index is 909. The summed E-state index contributed by atoms with van der Waals surface area (Å²) in [6.07, 6.45) is 5.82. The summed E-state index contributed by atoms with van der Waals surface area (Å²) in [4.78, 5) is 12.2. The number of rotatable bonds is 23. The number of carbonyl (C=O) groups is 1. The predicted molar refractivity (Wildman–Crippen MR) is 156 cm³/mol. The van der Waals surface area contributed by atoms with Crippen LogP contribution < -0.4 is 5.32 Å². The molecule has 2 aromatic carbocycles. The highest BCUT2D eigenvalue weighted by Crippen LogP contribution is 2.44. The highest BCUT2D eigenvalue weighted by atomic mass is 16.6. The highest BCUT2D eigenvalue weighted by molar-refractivity contribution is 5.79. The van der Waals surface area contributed by atoms with Crippen LogP contribution in [-0.4, -0.2) is 85.3 Å². The fourth-order valence-corrected chi connectivity index (χ4v) is 4.66. The average Bonchev–Trinajstić information content (AvgIpc) is 3.30. The third kappa shape index (κ3) is 11.9. The lowest BCUT2D eigenvalue weighted by Gasteiger charge is -2.14. The lowest BCUT2D eigenvalue weighted by molar-refractivity contribution is -0.0110. The molecule has 0 atom stereocenters. The van der Waals surface area contributed by atoms with Gasteiger partial charge in [-0.05, 0) is 28.7 Å². The van der Waals surface area contributed by atoms with Gasteiger partial charge in [-0.2, -0.15) is 0 Å². The number of amides is 1. The zero-order valence-corrected chi connectivity index (χ0v) is 24.1. The first kappa shape index (κ1) is 32.0. The highest BCUT2D eigenvalue weighted by Gasteiger charge is 2.28. The van der Waals surface area contributed by atoms with Gasteiger partial charge in [-0.1, -0.05) is 81.1 Å². The van der Waals surface area contributed by atoms with Gasteiger partial charge in [-0.25, -0.2) is 4.79 Å². The van der Waals surface area contributed by atoms with Gasteiger partial charge in [0.1, 0.15) is 6.61 Å². The molecule has 0 saturated carbocycles. The molecule has 1 aliphatic carbocycles. The smallest absolute Gasteiger partial charge is 0.407 e. The Kier molecular flexibility index (Phi) is 16.3. The Balaban J connectivity index is 1.07. The molecule has 3 rings (SSSR count). The van der Waals surface area contributed by atoms with Crippen LogP contribution >= 0.6 is 0 Å². The Labute approximate surface area is 239 Å². The van der Waals surface area contributed by atoms with Gasteiger partial charge >= 0.3 is 6.09 Å². The number of carbonyl (C=O) groups excluding carboxylic acids is 1. The van der Waals surface area contributed by atoms with E-state index in [0.717, 1.165) is 13.0 Å². The van der Waals surface area contributed by atoms with Crippen molar-refractivity contribution in [1.29, 1.82) is 0 Å². The lowest BCUT2D eigenvalue weighted by Crippen LogP contribution is -2.29. The molecule has 0 spiro atoms. The van der Waals surface area contributed by atoms with Crippen molar-refractivity contribution in [1.82, 2.24) is 5.32 Å². The molecule has 0 bridgehead atoms. The summed E-state index contributed by atoms with van der Waals surface area (Å²) in [5.41, 5.74) is 4.82. The quantitative estimate of drug-likeness (QED) is 0.179. The number of nitrogens with one attached hydrogen (secondary N) is 1. The summed E-state index contributed by atoms with van der Waals surface area (Å²) in [6, 6.07) is 16.6. The molecule has 0 radical (unpaired) electrons. The second kappa shape index (κ2) is 20.4. The molecule has 0 unspecified atom stereocenters. The number of ether oxygens (including phenoxy) is 6. The van der Waals surface area contributed by atoms with Gasteiger partial charge in [0.05, 0.1) is 59.5 Å². The second-order valence-electron chi connectivity index (χ2n) is 9.73. The predicted octanol–water partition coefficient (Wildman–Crippen LogP) is 5.58. The first-order valence-corrected chi connectivity index (χ1v) is 14.8. The molecular weight excluding hydrogens is 510 g/mol. The maximum atomic E-state index is 12.2. The average molecular weight is 558 g/mol. The molecule has 0 aromatic heterocycles. The van der Waals surface area contributed by atoms with Crippen LogP contribution in [0, 0.1) is 0 Å². The first-order chi connectivity index (χ1) is 19.8. The van der Waals surface area contributed by atoms with E-state index in [1.54, 1.807) is 0 Å². The molecule has 1 aliphatic rings. The summed E-state index contributed by atoms with van der Waals surface area (Å²) >= 11 is 0. The number of fused-ring (bicyclic) bond motifs is 3. The zero-order chi connectivity index (χ0) is 28.1. The van der Waals surface area contributed by atoms with Gasteiger partial charge in [0.15, 0.2) is 0 Å². The normalized spacial score (nSPS) is 12.3. The van der Waals surface area contributed by atoms with Gasteiger partial charge in [0.25, 0.3) is 0 Å². The van der Waals surface area contributed by atoms with Crippen LogP contribution in [0.15, 0.2) is 48.5 Å². The van der Waals surface area contributed by atoms with Crippen LogP contribution in [0.1, 0.15) is 56.1 Å². The monoisotopic (exact) mass is 557 g/mol. The topological polar surface area (TPSA) is 84.5 Å². The van der Waals surface area contributed by atoms with Crippen LogP contribution in [-0.2, 0) is 28.4 Å². The summed E-state index contributed by atoms with van der Waals surface area (Å²) in [7, 11) is 0. The molecule has 0 aliphatic heterocycles. The lowest BCUT2D eigenvalue weighted by atomic mass is 9.98. The standard InChI is InChI=1S/C32H47NO7/c1-2-3-4-5-10-16-35-18-20-37-22-24-39-25-23-38-21-19-36-17-15-33-32(34)40-26-31-29-13-8-6-11-27(29)28-12-7-9-14-30(28)31/h6-9,11-14,31H,2-5,10,15-26H2,1H3,(H,33,34). The number of benzene rings is 2. The minimum atomic E-state index is -0.437. The van der Waals surface area contributed by atoms with Crippen LogP contribution in [0.25, 0.3) is 11.1 Å². The molecule has 8 heteroatoms. The molecule has 2 aromatic rings. The Morgan fingerprint density at radius 1 is 0.625 bits per heavy atom. The van der Waals surface area contributed by atoms with Crippen molar-refractivity contribution in [2.45, 2.75) is 44.9 Å². The van der Waals surface area contributed by atoms with Crippen molar-refractivity contribution < 1.29 is 33.2 Å². The van der Waals surface area contributed by atoms with Crippen LogP contribution in [0.4, 0.5) is 4.79 Å². The van der Waals surface area contributed by atoms with E-state index >= 15 is 0 Å². The SMILES string of the molecule is CCCCCCCOCCOCCOCCOCCOCCNC(=O)OCC1c2ccccc2-c2ccccc21. The Morgan fingerprint density at radius 3 is 1.65 bits per heavy atom. The Hall–Kier alpha value is -2.49. The third-order valence-corrected chi connectivity index (χ3v) is 6.74. The molecule has 0 heterocycles. The maximum Gasteiger partial charge on any atom is 0.407 e. The van der Waals surface area contributed by atoms with E-state index < -0.39 is 6.09 Å². The van der Waals surface area contributed by atoms with E-state index in [4.69, 9.17) is 28.4 Å². The van der Waals surface area contributed by atoms with Crippen LogP contribution in [0.3, 0.4) is 0 Å². The summed E-state index contributed by atoms with van der Waals surface area (Å²) in [5.74, 6) is 0.0531. The number of alkyl carbamates (subject to hydrolysis) is 1. The molecule has 0 fully saturated rings. The maximum absolute atomic E-state index is 12.2. The summed E-state index contributed by atoms with van der Waals surface area (Å²) < 4.78 is 33.1. The van der Waals surface area contributed by atoms with Crippen molar-refractivity contribution >= 4 is 6.09 Å². The van der Waals surface area contributed by atoms with Crippen molar-refractivity contribution in [3.8, 4) is 11.1 Å². The minimum Gasteiger partial charge on any atom is -0.449 e. The van der Waals surface area contributed by atoms with Gasteiger partial charge in [-0.3, -0.25) is 0 Å². The molecule has 0 saturated heterocycles. The third-order valence-electron chi connectivity index (χ3n) is 6.74. The van der Waals surface area contributed by atoms with Crippen molar-refractivity contribution in [3.63, 3.8) is 0 Å². The van der Waals surface area contributed by atoms with E-state index in [1.807, 2.05) is 24.3 Å². The molecule has 8 nitrogen and oxygen atoms in total. The first-order valence-electron chi connectivity index (χ1n) is 14.8. The van der Waals surface area contributed by atoms with Crippen LogP contribution in [0.2, 0.25) is 0 Å².